The fraction of sp³-hybridized carbons (Fsp3) is 0.471. The summed E-state index contributed by atoms with van der Waals surface area (Å²) in [4.78, 5) is 12.1. The molecule has 0 N–H and O–H groups in total. The van der Waals surface area contributed by atoms with Crippen molar-refractivity contribution < 1.29 is 14.3 Å². The third-order valence-corrected chi connectivity index (χ3v) is 3.89. The summed E-state index contributed by atoms with van der Waals surface area (Å²) in [5.41, 5.74) is 3.59. The molecule has 1 aliphatic heterocycles. The van der Waals surface area contributed by atoms with Gasteiger partial charge in [-0.05, 0) is 26.0 Å². The molecule has 3 rings (SSSR count). The van der Waals surface area contributed by atoms with Crippen molar-refractivity contribution in [2.75, 3.05) is 13.9 Å². The van der Waals surface area contributed by atoms with E-state index in [1.54, 1.807) is 12.1 Å². The Balaban J connectivity index is 2.04. The van der Waals surface area contributed by atoms with Crippen LogP contribution in [0.15, 0.2) is 29.5 Å². The van der Waals surface area contributed by atoms with E-state index in [-0.39, 0.29) is 18.7 Å². The molecule has 7 nitrogen and oxygen atoms in total. The molecule has 2 aromatic rings. The van der Waals surface area contributed by atoms with Crippen LogP contribution in [0.4, 0.5) is 0 Å². The van der Waals surface area contributed by atoms with Crippen LogP contribution in [0.2, 0.25) is 0 Å². The Morgan fingerprint density at radius 1 is 1.29 bits per heavy atom. The van der Waals surface area contributed by atoms with Gasteiger partial charge in [0.15, 0.2) is 0 Å². The molecule has 0 aliphatic carbocycles. The zero-order chi connectivity index (χ0) is 17.1. The van der Waals surface area contributed by atoms with E-state index in [9.17, 15) is 4.79 Å². The van der Waals surface area contributed by atoms with Crippen LogP contribution in [0.25, 0.3) is 5.52 Å². The normalized spacial score (nSPS) is 15.4. The fourth-order valence-electron chi connectivity index (χ4n) is 2.84. The molecule has 0 saturated carbocycles. The van der Waals surface area contributed by atoms with Gasteiger partial charge in [0.2, 0.25) is 5.91 Å². The van der Waals surface area contributed by atoms with Gasteiger partial charge in [-0.2, -0.15) is 10.2 Å². The van der Waals surface area contributed by atoms with Gasteiger partial charge in [-0.15, -0.1) is 0 Å². The SMILES string of the molecule is COCOCc1nn2ccccc2c1C1=NN(C(C)C)C(=O)CC1. The zero-order valence-electron chi connectivity index (χ0n) is 14.2. The molecule has 3 heterocycles. The Kier molecular flexibility index (Phi) is 4.92. The Bertz CT molecular complexity index is 766. The molecule has 0 radical (unpaired) electrons. The summed E-state index contributed by atoms with van der Waals surface area (Å²) in [6, 6.07) is 5.93. The minimum absolute atomic E-state index is 0.0304. The summed E-state index contributed by atoms with van der Waals surface area (Å²) in [5.74, 6) is 0.0578. The Labute approximate surface area is 140 Å². The fourth-order valence-corrected chi connectivity index (χ4v) is 2.84. The summed E-state index contributed by atoms with van der Waals surface area (Å²) in [7, 11) is 1.59. The summed E-state index contributed by atoms with van der Waals surface area (Å²) < 4.78 is 12.3. The van der Waals surface area contributed by atoms with Gasteiger partial charge in [-0.25, -0.2) is 9.52 Å². The monoisotopic (exact) mass is 330 g/mol. The molecule has 0 aromatic carbocycles. The standard InChI is InChI=1S/C17H22N4O3/c1-12(2)21-16(22)8-7-13(19-21)17-14(10-24-11-23-3)18-20-9-5-4-6-15(17)20/h4-6,9,12H,7-8,10-11H2,1-3H3. The lowest BCUT2D eigenvalue weighted by molar-refractivity contribution is -0.133. The van der Waals surface area contributed by atoms with Gasteiger partial charge in [0, 0.05) is 37.8 Å². The van der Waals surface area contributed by atoms with Crippen molar-refractivity contribution in [2.45, 2.75) is 39.3 Å². The lowest BCUT2D eigenvalue weighted by Gasteiger charge is -2.26. The first-order chi connectivity index (χ1) is 11.6. The lowest BCUT2D eigenvalue weighted by atomic mass is 10.0. The largest absolute Gasteiger partial charge is 0.359 e. The van der Waals surface area contributed by atoms with Gasteiger partial charge in [0.1, 0.15) is 6.79 Å². The highest BCUT2D eigenvalue weighted by atomic mass is 16.7. The summed E-state index contributed by atoms with van der Waals surface area (Å²) in [6.45, 7) is 4.46. The smallest absolute Gasteiger partial charge is 0.243 e. The van der Waals surface area contributed by atoms with Crippen LogP contribution in [-0.2, 0) is 20.9 Å². The number of rotatable bonds is 6. The van der Waals surface area contributed by atoms with E-state index in [4.69, 9.17) is 9.47 Å². The second-order valence-corrected chi connectivity index (χ2v) is 5.99. The maximum absolute atomic E-state index is 12.1. The highest BCUT2D eigenvalue weighted by Crippen LogP contribution is 2.24. The number of nitrogens with zero attached hydrogens (tertiary/aromatic N) is 4. The molecule has 2 aromatic heterocycles. The van der Waals surface area contributed by atoms with Crippen molar-refractivity contribution in [1.29, 1.82) is 0 Å². The number of carbonyl (C=O) groups excluding carboxylic acids is 1. The molecule has 128 valence electrons. The van der Waals surface area contributed by atoms with E-state index in [1.807, 2.05) is 42.8 Å². The van der Waals surface area contributed by atoms with E-state index < -0.39 is 0 Å². The lowest BCUT2D eigenvalue weighted by Crippen LogP contribution is -2.37. The molecular weight excluding hydrogens is 308 g/mol. The maximum Gasteiger partial charge on any atom is 0.243 e. The third-order valence-electron chi connectivity index (χ3n) is 3.89. The maximum atomic E-state index is 12.1. The van der Waals surface area contributed by atoms with Crippen LogP contribution in [0, 0.1) is 0 Å². The molecule has 0 unspecified atom stereocenters. The molecule has 7 heteroatoms. The van der Waals surface area contributed by atoms with Crippen molar-refractivity contribution in [1.82, 2.24) is 14.6 Å². The van der Waals surface area contributed by atoms with Gasteiger partial charge in [0.25, 0.3) is 0 Å². The predicted octanol–water partition coefficient (Wildman–Crippen LogP) is 2.19. The number of methoxy groups -OCH3 is 1. The average molecular weight is 330 g/mol. The minimum atomic E-state index is 0.0304. The van der Waals surface area contributed by atoms with Gasteiger partial charge in [-0.1, -0.05) is 6.07 Å². The minimum Gasteiger partial charge on any atom is -0.359 e. The van der Waals surface area contributed by atoms with Gasteiger partial charge < -0.3 is 9.47 Å². The number of amides is 1. The van der Waals surface area contributed by atoms with Gasteiger partial charge in [-0.3, -0.25) is 4.79 Å². The average Bonchev–Trinajstić information content (AvgIpc) is 2.94. The summed E-state index contributed by atoms with van der Waals surface area (Å²) >= 11 is 0. The van der Waals surface area contributed by atoms with Crippen molar-refractivity contribution >= 4 is 17.1 Å². The Hall–Kier alpha value is -2.25. The number of aromatic nitrogens is 2. The highest BCUT2D eigenvalue weighted by molar-refractivity contribution is 6.09. The molecule has 24 heavy (non-hydrogen) atoms. The summed E-state index contributed by atoms with van der Waals surface area (Å²) in [5, 5.41) is 10.8. The molecular formula is C17H22N4O3. The first kappa shape index (κ1) is 16.6. The van der Waals surface area contributed by atoms with Gasteiger partial charge >= 0.3 is 0 Å². The van der Waals surface area contributed by atoms with Crippen molar-refractivity contribution in [2.24, 2.45) is 5.10 Å². The van der Waals surface area contributed by atoms with E-state index in [0.717, 1.165) is 22.5 Å². The number of fused-ring (bicyclic) bond motifs is 1. The first-order valence-corrected chi connectivity index (χ1v) is 8.04. The predicted molar refractivity (Wildman–Crippen MR) is 89.6 cm³/mol. The number of ether oxygens (including phenoxy) is 2. The number of hydrazone groups is 1. The molecule has 0 bridgehead atoms. The topological polar surface area (TPSA) is 68.4 Å². The van der Waals surface area contributed by atoms with E-state index in [2.05, 4.69) is 10.2 Å². The molecule has 0 saturated heterocycles. The van der Waals surface area contributed by atoms with Crippen molar-refractivity contribution in [3.05, 3.63) is 35.7 Å². The van der Waals surface area contributed by atoms with E-state index >= 15 is 0 Å². The molecule has 0 spiro atoms. The van der Waals surface area contributed by atoms with Crippen LogP contribution < -0.4 is 0 Å². The Morgan fingerprint density at radius 3 is 2.88 bits per heavy atom. The van der Waals surface area contributed by atoms with E-state index in [0.29, 0.717) is 19.4 Å². The van der Waals surface area contributed by atoms with Crippen LogP contribution >= 0.6 is 0 Å². The number of hydrogen-bond acceptors (Lipinski definition) is 5. The quantitative estimate of drug-likeness (QED) is 0.601. The molecule has 1 aliphatic rings. The van der Waals surface area contributed by atoms with Crippen LogP contribution in [0.5, 0.6) is 0 Å². The molecule has 0 fully saturated rings. The number of hydrogen-bond donors (Lipinski definition) is 0. The van der Waals surface area contributed by atoms with E-state index in [1.165, 1.54) is 0 Å². The zero-order valence-corrected chi connectivity index (χ0v) is 14.2. The van der Waals surface area contributed by atoms with Crippen LogP contribution in [0.1, 0.15) is 37.9 Å². The highest BCUT2D eigenvalue weighted by Gasteiger charge is 2.27. The molecule has 1 amide bonds. The van der Waals surface area contributed by atoms with Crippen LogP contribution in [-0.4, -0.2) is 46.2 Å². The van der Waals surface area contributed by atoms with Crippen molar-refractivity contribution in [3.63, 3.8) is 0 Å². The van der Waals surface area contributed by atoms with Crippen LogP contribution in [0.3, 0.4) is 0 Å². The number of carbonyl (C=O) groups is 1. The van der Waals surface area contributed by atoms with Crippen molar-refractivity contribution in [3.8, 4) is 0 Å². The Morgan fingerprint density at radius 2 is 2.12 bits per heavy atom. The molecule has 0 atom stereocenters. The first-order valence-electron chi connectivity index (χ1n) is 8.04. The second kappa shape index (κ2) is 7.11. The summed E-state index contributed by atoms with van der Waals surface area (Å²) in [6.07, 6.45) is 2.96. The van der Waals surface area contributed by atoms with Gasteiger partial charge in [0.05, 0.1) is 23.5 Å². The number of pyridine rings is 1. The second-order valence-electron chi connectivity index (χ2n) is 5.99. The third kappa shape index (κ3) is 3.18.